The molecule has 3 aromatic rings. The summed E-state index contributed by atoms with van der Waals surface area (Å²) in [6.07, 6.45) is 0. The maximum absolute atomic E-state index is 6.01. The molecular weight excluding hydrogens is 348 g/mol. The van der Waals surface area contributed by atoms with Crippen LogP contribution in [0.2, 0.25) is 0 Å². The minimum atomic E-state index is 0.117. The van der Waals surface area contributed by atoms with Crippen LogP contribution < -0.4 is 4.90 Å². The number of rotatable bonds is 4. The third-order valence-electron chi connectivity index (χ3n) is 5.84. The van der Waals surface area contributed by atoms with Gasteiger partial charge in [0.2, 0.25) is 11.8 Å². The van der Waals surface area contributed by atoms with Crippen LogP contribution in [0.1, 0.15) is 35.5 Å². The highest BCUT2D eigenvalue weighted by Crippen LogP contribution is 2.28. The first-order valence-electron chi connectivity index (χ1n) is 9.98. The highest BCUT2D eigenvalue weighted by atomic mass is 16.4. The van der Waals surface area contributed by atoms with Gasteiger partial charge in [-0.05, 0) is 57.0 Å². The van der Waals surface area contributed by atoms with Crippen LogP contribution in [-0.4, -0.2) is 41.3 Å². The van der Waals surface area contributed by atoms with Crippen LogP contribution in [0.15, 0.2) is 46.9 Å². The molecule has 1 fully saturated rings. The Balaban J connectivity index is 1.43. The van der Waals surface area contributed by atoms with Crippen molar-refractivity contribution in [3.05, 3.63) is 65.0 Å². The number of aromatic nitrogens is 2. The van der Waals surface area contributed by atoms with E-state index in [0.717, 1.165) is 31.7 Å². The normalized spacial score (nSPS) is 16.4. The lowest BCUT2D eigenvalue weighted by atomic mass is 10.1. The monoisotopic (exact) mass is 376 g/mol. The third-order valence-corrected chi connectivity index (χ3v) is 5.84. The fourth-order valence-electron chi connectivity index (χ4n) is 3.88. The summed E-state index contributed by atoms with van der Waals surface area (Å²) in [5, 5.41) is 8.60. The molecule has 1 aliphatic heterocycles. The first kappa shape index (κ1) is 18.7. The van der Waals surface area contributed by atoms with Crippen LogP contribution in [-0.2, 0) is 0 Å². The van der Waals surface area contributed by atoms with Gasteiger partial charge in [0.1, 0.15) is 0 Å². The summed E-state index contributed by atoms with van der Waals surface area (Å²) >= 11 is 0. The van der Waals surface area contributed by atoms with Crippen molar-refractivity contribution in [3.63, 3.8) is 0 Å². The summed E-state index contributed by atoms with van der Waals surface area (Å²) in [6, 6.07) is 14.8. The highest BCUT2D eigenvalue weighted by molar-refractivity contribution is 5.56. The summed E-state index contributed by atoms with van der Waals surface area (Å²) in [6.45, 7) is 12.6. The molecule has 0 saturated carbocycles. The fourth-order valence-corrected chi connectivity index (χ4v) is 3.88. The summed E-state index contributed by atoms with van der Waals surface area (Å²) in [5.74, 6) is 1.29. The van der Waals surface area contributed by atoms with Gasteiger partial charge in [-0.25, -0.2) is 0 Å². The molecule has 0 bridgehead atoms. The van der Waals surface area contributed by atoms with E-state index in [1.54, 1.807) is 0 Å². The Morgan fingerprint density at radius 3 is 2.43 bits per heavy atom. The molecule has 0 N–H and O–H groups in total. The standard InChI is InChI=1S/C23H28N4O/c1-16-7-5-9-20(15-16)23-25-24-22(28-23)19(4)26-11-13-27(14-12-26)21-10-6-8-17(2)18(21)3/h5-10,15,19H,11-14H2,1-4H3/t19-/m1/s1. The first-order chi connectivity index (χ1) is 13.5. The van der Waals surface area contributed by atoms with Crippen LogP contribution in [0.3, 0.4) is 0 Å². The largest absolute Gasteiger partial charge is 0.419 e. The van der Waals surface area contributed by atoms with Crippen molar-refractivity contribution in [3.8, 4) is 11.5 Å². The van der Waals surface area contributed by atoms with Gasteiger partial charge in [-0.3, -0.25) is 4.90 Å². The van der Waals surface area contributed by atoms with Gasteiger partial charge >= 0.3 is 0 Å². The van der Waals surface area contributed by atoms with Crippen molar-refractivity contribution in [1.29, 1.82) is 0 Å². The van der Waals surface area contributed by atoms with Crippen molar-refractivity contribution in [2.45, 2.75) is 33.7 Å². The lowest BCUT2D eigenvalue weighted by Crippen LogP contribution is -2.47. The molecule has 2 aromatic carbocycles. The molecule has 1 aliphatic rings. The molecule has 0 aliphatic carbocycles. The quantitative estimate of drug-likeness (QED) is 0.669. The second-order valence-electron chi connectivity index (χ2n) is 7.73. The molecule has 5 nitrogen and oxygen atoms in total. The molecule has 0 radical (unpaired) electrons. The van der Waals surface area contributed by atoms with Gasteiger partial charge < -0.3 is 9.32 Å². The smallest absolute Gasteiger partial charge is 0.247 e. The number of anilines is 1. The van der Waals surface area contributed by atoms with Crippen LogP contribution in [0.4, 0.5) is 5.69 Å². The number of benzene rings is 2. The molecule has 5 heteroatoms. The Labute approximate surface area is 167 Å². The molecule has 0 amide bonds. The van der Waals surface area contributed by atoms with Crippen LogP contribution in [0.25, 0.3) is 11.5 Å². The van der Waals surface area contributed by atoms with Gasteiger partial charge in [0.05, 0.1) is 6.04 Å². The highest BCUT2D eigenvalue weighted by Gasteiger charge is 2.26. The van der Waals surface area contributed by atoms with Gasteiger partial charge in [-0.2, -0.15) is 0 Å². The molecular formula is C23H28N4O. The molecule has 4 rings (SSSR count). The fraction of sp³-hybridized carbons (Fsp3) is 0.391. The van der Waals surface area contributed by atoms with E-state index in [0.29, 0.717) is 11.8 Å². The van der Waals surface area contributed by atoms with Gasteiger partial charge in [0.25, 0.3) is 0 Å². The van der Waals surface area contributed by atoms with Crippen LogP contribution >= 0.6 is 0 Å². The molecule has 28 heavy (non-hydrogen) atoms. The van der Waals surface area contributed by atoms with Crippen LogP contribution in [0.5, 0.6) is 0 Å². The molecule has 0 unspecified atom stereocenters. The summed E-state index contributed by atoms with van der Waals surface area (Å²) in [5.41, 5.74) is 6.25. The average molecular weight is 377 g/mol. The van der Waals surface area contributed by atoms with E-state index < -0.39 is 0 Å². The van der Waals surface area contributed by atoms with E-state index in [4.69, 9.17) is 4.42 Å². The van der Waals surface area contributed by atoms with E-state index >= 15 is 0 Å². The van der Waals surface area contributed by atoms with Gasteiger partial charge in [-0.15, -0.1) is 10.2 Å². The van der Waals surface area contributed by atoms with E-state index in [2.05, 4.69) is 78.0 Å². The molecule has 1 aromatic heterocycles. The third kappa shape index (κ3) is 3.67. The lowest BCUT2D eigenvalue weighted by molar-refractivity contribution is 0.173. The Hall–Kier alpha value is -2.66. The molecule has 0 spiro atoms. The van der Waals surface area contributed by atoms with E-state index in [1.165, 1.54) is 22.4 Å². The summed E-state index contributed by atoms with van der Waals surface area (Å²) < 4.78 is 6.01. The van der Waals surface area contributed by atoms with Crippen molar-refractivity contribution in [1.82, 2.24) is 15.1 Å². The van der Waals surface area contributed by atoms with Gasteiger partial charge in [0, 0.05) is 37.4 Å². The summed E-state index contributed by atoms with van der Waals surface area (Å²) in [7, 11) is 0. The SMILES string of the molecule is Cc1cccc(-c2nnc([C@@H](C)N3CCN(c4cccc(C)c4C)CC3)o2)c1. The zero-order chi connectivity index (χ0) is 19.7. The van der Waals surface area contributed by atoms with Crippen LogP contribution in [0, 0.1) is 20.8 Å². The molecule has 1 saturated heterocycles. The predicted octanol–water partition coefficient (Wildman–Crippen LogP) is 4.55. The van der Waals surface area contributed by atoms with Crippen molar-refractivity contribution in [2.75, 3.05) is 31.1 Å². The van der Waals surface area contributed by atoms with Crippen molar-refractivity contribution < 1.29 is 4.42 Å². The van der Waals surface area contributed by atoms with E-state index in [9.17, 15) is 0 Å². The Morgan fingerprint density at radius 1 is 0.929 bits per heavy atom. The zero-order valence-electron chi connectivity index (χ0n) is 17.1. The average Bonchev–Trinajstić information content (AvgIpc) is 3.20. The van der Waals surface area contributed by atoms with Gasteiger partial charge in [-0.1, -0.05) is 29.8 Å². The molecule has 2 heterocycles. The summed E-state index contributed by atoms with van der Waals surface area (Å²) in [4.78, 5) is 4.91. The predicted molar refractivity (Wildman–Crippen MR) is 113 cm³/mol. The molecule has 1 atom stereocenters. The minimum absolute atomic E-state index is 0.117. The zero-order valence-corrected chi connectivity index (χ0v) is 17.1. The number of hydrogen-bond donors (Lipinski definition) is 0. The topological polar surface area (TPSA) is 45.4 Å². The number of nitrogens with zero attached hydrogens (tertiary/aromatic N) is 4. The Morgan fingerprint density at radius 2 is 1.68 bits per heavy atom. The number of hydrogen-bond acceptors (Lipinski definition) is 5. The number of aryl methyl sites for hydroxylation is 2. The maximum Gasteiger partial charge on any atom is 0.247 e. The van der Waals surface area contributed by atoms with Gasteiger partial charge in [0.15, 0.2) is 0 Å². The lowest BCUT2D eigenvalue weighted by Gasteiger charge is -2.38. The molecule has 146 valence electrons. The number of piperazine rings is 1. The van der Waals surface area contributed by atoms with Crippen molar-refractivity contribution in [2.24, 2.45) is 0 Å². The minimum Gasteiger partial charge on any atom is -0.419 e. The van der Waals surface area contributed by atoms with E-state index in [1.807, 2.05) is 12.1 Å². The maximum atomic E-state index is 6.01. The second-order valence-corrected chi connectivity index (χ2v) is 7.73. The Kier molecular flexibility index (Phi) is 5.18. The Bertz CT molecular complexity index is 957. The van der Waals surface area contributed by atoms with E-state index in [-0.39, 0.29) is 6.04 Å². The van der Waals surface area contributed by atoms with Crippen molar-refractivity contribution >= 4 is 5.69 Å². The second kappa shape index (κ2) is 7.76. The first-order valence-corrected chi connectivity index (χ1v) is 9.98.